The van der Waals surface area contributed by atoms with Gasteiger partial charge in [-0.3, -0.25) is 14.6 Å². The van der Waals surface area contributed by atoms with Crippen LogP contribution in [0.4, 0.5) is 0 Å². The number of benzene rings is 2. The van der Waals surface area contributed by atoms with E-state index in [1.807, 2.05) is 6.07 Å². The van der Waals surface area contributed by atoms with Crippen LogP contribution in [0.25, 0.3) is 0 Å². The highest BCUT2D eigenvalue weighted by Crippen LogP contribution is 2.64. The topological polar surface area (TPSA) is 95.0 Å². The van der Waals surface area contributed by atoms with Crippen LogP contribution >= 0.6 is 11.6 Å². The van der Waals surface area contributed by atoms with Crippen LogP contribution in [0.15, 0.2) is 66.9 Å². The molecule has 5 rings (SSSR count). The first-order chi connectivity index (χ1) is 15.9. The molecule has 33 heavy (non-hydrogen) atoms. The third-order valence-electron chi connectivity index (χ3n) is 6.49. The van der Waals surface area contributed by atoms with Crippen LogP contribution in [0.2, 0.25) is 5.02 Å². The van der Waals surface area contributed by atoms with Crippen molar-refractivity contribution in [2.75, 3.05) is 14.2 Å². The predicted octanol–water partition coefficient (Wildman–Crippen LogP) is 3.37. The quantitative estimate of drug-likeness (QED) is 0.590. The number of carbonyl (C=O) groups is 2. The molecule has 1 aliphatic carbocycles. The Balaban J connectivity index is 1.87. The van der Waals surface area contributed by atoms with E-state index in [0.29, 0.717) is 16.9 Å². The highest BCUT2D eigenvalue weighted by molar-refractivity contribution is 6.30. The average Bonchev–Trinajstić information content (AvgIpc) is 2.97. The highest BCUT2D eigenvalue weighted by Gasteiger charge is 2.77. The third kappa shape index (κ3) is 2.82. The van der Waals surface area contributed by atoms with E-state index in [1.165, 1.54) is 26.5 Å². The summed E-state index contributed by atoms with van der Waals surface area (Å²) in [5, 5.41) is 12.3. The second-order valence-electron chi connectivity index (χ2n) is 8.05. The predicted molar refractivity (Wildman–Crippen MR) is 118 cm³/mol. The van der Waals surface area contributed by atoms with Gasteiger partial charge in [0.05, 0.1) is 25.2 Å². The first kappa shape index (κ1) is 21.4. The van der Waals surface area contributed by atoms with Crippen LogP contribution in [0.1, 0.15) is 22.7 Å². The molecule has 0 saturated heterocycles. The molecule has 2 bridgehead atoms. The van der Waals surface area contributed by atoms with Crippen LogP contribution in [0.5, 0.6) is 11.5 Å². The summed E-state index contributed by atoms with van der Waals surface area (Å²) in [6.45, 7) is 0. The maximum atomic E-state index is 14.2. The largest absolute Gasteiger partial charge is 0.497 e. The summed E-state index contributed by atoms with van der Waals surface area (Å²) in [5.74, 6) is -2.94. The maximum absolute atomic E-state index is 14.2. The van der Waals surface area contributed by atoms with E-state index in [0.717, 1.165) is 0 Å². The van der Waals surface area contributed by atoms with E-state index in [9.17, 15) is 14.7 Å². The minimum absolute atomic E-state index is 0.0603. The van der Waals surface area contributed by atoms with Crippen LogP contribution in [-0.4, -0.2) is 36.1 Å². The van der Waals surface area contributed by atoms with Crippen molar-refractivity contribution in [3.05, 3.63) is 88.7 Å². The van der Waals surface area contributed by atoms with Crippen LogP contribution < -0.4 is 9.47 Å². The van der Waals surface area contributed by atoms with Gasteiger partial charge < -0.3 is 19.3 Å². The summed E-state index contributed by atoms with van der Waals surface area (Å²) >= 11 is 6.17. The van der Waals surface area contributed by atoms with E-state index in [2.05, 4.69) is 4.98 Å². The summed E-state index contributed by atoms with van der Waals surface area (Å²) in [4.78, 5) is 31.6. The number of Topliss-reactive ketones (excluding diaryl/α,β-unsaturated/α-hetero) is 1. The molecule has 2 aromatic carbocycles. The van der Waals surface area contributed by atoms with Crippen LogP contribution in [0, 0.1) is 5.92 Å². The van der Waals surface area contributed by atoms with Crippen molar-refractivity contribution in [1.29, 1.82) is 0 Å². The zero-order valence-electron chi connectivity index (χ0n) is 17.8. The molecule has 1 fully saturated rings. The minimum Gasteiger partial charge on any atom is -0.497 e. The van der Waals surface area contributed by atoms with Gasteiger partial charge in [-0.05, 0) is 17.7 Å². The Morgan fingerprint density at radius 3 is 2.45 bits per heavy atom. The van der Waals surface area contributed by atoms with Crippen molar-refractivity contribution in [2.45, 2.75) is 17.1 Å². The number of ketones is 1. The fourth-order valence-electron chi connectivity index (χ4n) is 5.09. The molecule has 2 heterocycles. The minimum atomic E-state index is -2.29. The molecule has 1 N–H and O–H groups in total. The normalized spacial score (nSPS) is 27.5. The van der Waals surface area contributed by atoms with Crippen molar-refractivity contribution < 1.29 is 28.9 Å². The number of fused-ring (bicyclic) bond motifs is 4. The van der Waals surface area contributed by atoms with Gasteiger partial charge in [-0.15, -0.1) is 0 Å². The molecule has 1 aromatic heterocycles. The number of hydrogen-bond acceptors (Lipinski definition) is 7. The van der Waals surface area contributed by atoms with Gasteiger partial charge in [0.1, 0.15) is 23.1 Å². The van der Waals surface area contributed by atoms with Gasteiger partial charge in [0.2, 0.25) is 11.4 Å². The number of nitrogens with zero attached hydrogens (tertiary/aromatic N) is 1. The summed E-state index contributed by atoms with van der Waals surface area (Å²) in [6, 6.07) is 17.3. The molecular weight excluding hydrogens is 446 g/mol. The first-order valence-corrected chi connectivity index (χ1v) is 10.6. The lowest BCUT2D eigenvalue weighted by Crippen LogP contribution is -2.51. The molecule has 0 amide bonds. The zero-order valence-corrected chi connectivity index (χ0v) is 18.6. The zero-order chi connectivity index (χ0) is 23.4. The molecule has 8 heteroatoms. The second-order valence-corrected chi connectivity index (χ2v) is 8.49. The van der Waals surface area contributed by atoms with Crippen molar-refractivity contribution in [2.24, 2.45) is 5.92 Å². The lowest BCUT2D eigenvalue weighted by atomic mass is 9.75. The fourth-order valence-corrected chi connectivity index (χ4v) is 5.24. The molecule has 1 saturated carbocycles. The van der Waals surface area contributed by atoms with Crippen molar-refractivity contribution in [1.82, 2.24) is 4.98 Å². The summed E-state index contributed by atoms with van der Waals surface area (Å²) in [7, 11) is 2.76. The van der Waals surface area contributed by atoms with E-state index < -0.39 is 34.8 Å². The third-order valence-corrected chi connectivity index (χ3v) is 6.70. The number of hydrogen-bond donors (Lipinski definition) is 1. The van der Waals surface area contributed by atoms with E-state index in [-0.39, 0.29) is 16.5 Å². The van der Waals surface area contributed by atoms with Gasteiger partial charge in [0, 0.05) is 17.8 Å². The van der Waals surface area contributed by atoms with E-state index >= 15 is 0 Å². The Hall–Kier alpha value is -3.42. The summed E-state index contributed by atoms with van der Waals surface area (Å²) < 4.78 is 16.8. The molecule has 168 valence electrons. The number of methoxy groups -OCH3 is 2. The molecule has 3 aromatic rings. The second kappa shape index (κ2) is 7.57. The number of esters is 1. The Labute approximate surface area is 194 Å². The molecule has 1 aliphatic heterocycles. The lowest BCUT2D eigenvalue weighted by molar-refractivity contribution is -0.163. The lowest BCUT2D eigenvalue weighted by Gasteiger charge is -2.38. The number of halogens is 1. The highest BCUT2D eigenvalue weighted by atomic mass is 35.5. The average molecular weight is 466 g/mol. The molecule has 0 unspecified atom stereocenters. The number of carbonyl (C=O) groups excluding carboxylic acids is 2. The van der Waals surface area contributed by atoms with Crippen molar-refractivity contribution >= 4 is 23.4 Å². The fraction of sp³-hybridized carbons (Fsp3) is 0.240. The Bertz CT molecular complexity index is 1250. The van der Waals surface area contributed by atoms with Crippen LogP contribution in [0.3, 0.4) is 0 Å². The van der Waals surface area contributed by atoms with E-state index in [4.69, 9.17) is 25.8 Å². The standard InChI is InChI=1S/C25H20ClNO6/c1-31-17-10-8-15(9-11-17)25-19(14-6-4-3-5-7-14)20(22(28)32-2)24(30,23(25)29)21-18(33-25)12-16(26)13-27-21/h3-13,19-20,30H,1-2H3/t19-,20-,24-,25+/m1/s1. The van der Waals surface area contributed by atoms with Gasteiger partial charge in [0.25, 0.3) is 0 Å². The summed E-state index contributed by atoms with van der Waals surface area (Å²) in [6.07, 6.45) is 1.31. The molecule has 4 atom stereocenters. The number of rotatable bonds is 4. The van der Waals surface area contributed by atoms with Gasteiger partial charge >= 0.3 is 5.97 Å². The number of pyridine rings is 1. The maximum Gasteiger partial charge on any atom is 0.313 e. The van der Waals surface area contributed by atoms with Crippen LogP contribution in [-0.2, 0) is 25.5 Å². The molecule has 2 aliphatic rings. The summed E-state index contributed by atoms with van der Waals surface area (Å²) in [5.41, 5.74) is -2.99. The SMILES string of the molecule is COC(=O)[C@H]1[C@@H](c2ccccc2)[C@]2(c3ccc(OC)cc3)Oc3cc(Cl)cnc3[C@@]1(O)C2=O. The number of aromatic nitrogens is 1. The van der Waals surface area contributed by atoms with Crippen molar-refractivity contribution in [3.63, 3.8) is 0 Å². The molecule has 0 radical (unpaired) electrons. The van der Waals surface area contributed by atoms with Gasteiger partial charge in [0.15, 0.2) is 5.60 Å². The van der Waals surface area contributed by atoms with E-state index in [1.54, 1.807) is 48.5 Å². The smallest absolute Gasteiger partial charge is 0.313 e. The molecule has 0 spiro atoms. The number of ether oxygens (including phenoxy) is 3. The Kier molecular flexibility index (Phi) is 4.92. The van der Waals surface area contributed by atoms with Gasteiger partial charge in [-0.1, -0.05) is 54.1 Å². The van der Waals surface area contributed by atoms with Crippen molar-refractivity contribution in [3.8, 4) is 11.5 Å². The molecule has 7 nitrogen and oxygen atoms in total. The molecular formula is C25H20ClNO6. The van der Waals surface area contributed by atoms with Gasteiger partial charge in [-0.25, -0.2) is 0 Å². The monoisotopic (exact) mass is 465 g/mol. The first-order valence-electron chi connectivity index (χ1n) is 10.3. The Morgan fingerprint density at radius 2 is 1.82 bits per heavy atom. The van der Waals surface area contributed by atoms with Gasteiger partial charge in [-0.2, -0.15) is 0 Å². The Morgan fingerprint density at radius 1 is 1.12 bits per heavy atom. The number of aliphatic hydroxyl groups is 1.